The highest BCUT2D eigenvalue weighted by molar-refractivity contribution is 14.1. The van der Waals surface area contributed by atoms with E-state index in [0.717, 1.165) is 6.42 Å². The summed E-state index contributed by atoms with van der Waals surface area (Å²) in [6, 6.07) is 0. The second-order valence-electron chi connectivity index (χ2n) is 1.20. The van der Waals surface area contributed by atoms with Gasteiger partial charge in [-0.1, -0.05) is 19.6 Å². The Morgan fingerprint density at radius 2 is 2.50 bits per heavy atom. The van der Waals surface area contributed by atoms with Gasteiger partial charge in [-0.3, -0.25) is 0 Å². The molecule has 1 atom stereocenters. The van der Waals surface area contributed by atoms with Crippen molar-refractivity contribution in [2.45, 2.75) is 17.5 Å². The Bertz CT molecular complexity index is 86.1. The minimum Gasteiger partial charge on any atom is -0.444 e. The van der Waals surface area contributed by atoms with E-state index >= 15 is 0 Å². The van der Waals surface area contributed by atoms with Gasteiger partial charge in [0.15, 0.2) is 4.11 Å². The molecule has 0 aromatic heterocycles. The minimum absolute atomic E-state index is 0.0300. The quantitative estimate of drug-likeness (QED) is 0.350. The Morgan fingerprint density at radius 3 is 2.62 bits per heavy atom. The summed E-state index contributed by atoms with van der Waals surface area (Å²) in [5.41, 5.74) is 0. The fourth-order valence-electron chi connectivity index (χ4n) is 0.193. The van der Waals surface area contributed by atoms with E-state index in [4.69, 9.17) is 0 Å². The molecule has 0 amide bonds. The molecular formula is C4H7IO2S. The third kappa shape index (κ3) is 4.70. The van der Waals surface area contributed by atoms with Crippen LogP contribution < -0.4 is 0 Å². The highest BCUT2D eigenvalue weighted by Crippen LogP contribution is 2.07. The zero-order valence-corrected chi connectivity index (χ0v) is 7.48. The molecule has 2 nitrogen and oxygen atoms in total. The number of ether oxygens (including phenoxy) is 1. The third-order valence-electron chi connectivity index (χ3n) is 0.550. The normalized spacial score (nSPS) is 12.9. The van der Waals surface area contributed by atoms with Crippen LogP contribution in [-0.4, -0.2) is 9.41 Å². The van der Waals surface area contributed by atoms with Gasteiger partial charge < -0.3 is 4.74 Å². The van der Waals surface area contributed by atoms with Crippen LogP contribution in [-0.2, 0) is 4.74 Å². The maximum Gasteiger partial charge on any atom is 0.365 e. The van der Waals surface area contributed by atoms with E-state index < -0.39 is 5.30 Å². The molecule has 0 aliphatic rings. The van der Waals surface area contributed by atoms with Crippen LogP contribution in [0.15, 0.2) is 0 Å². The number of alkyl halides is 1. The Labute approximate surface area is 67.5 Å². The summed E-state index contributed by atoms with van der Waals surface area (Å²) in [6.45, 7) is 1.94. The van der Waals surface area contributed by atoms with Crippen molar-refractivity contribution in [3.05, 3.63) is 0 Å². The van der Waals surface area contributed by atoms with Gasteiger partial charge in [0.25, 0.3) is 0 Å². The van der Waals surface area contributed by atoms with Gasteiger partial charge in [-0.05, 0) is 29.0 Å². The molecule has 0 fully saturated rings. The first kappa shape index (κ1) is 8.55. The van der Waals surface area contributed by atoms with E-state index in [-0.39, 0.29) is 4.11 Å². The van der Waals surface area contributed by atoms with Gasteiger partial charge >= 0.3 is 5.30 Å². The number of halogens is 1. The van der Waals surface area contributed by atoms with Crippen LogP contribution in [0.5, 0.6) is 0 Å². The highest BCUT2D eigenvalue weighted by atomic mass is 127. The van der Waals surface area contributed by atoms with Gasteiger partial charge in [-0.2, -0.15) is 0 Å². The van der Waals surface area contributed by atoms with Crippen molar-refractivity contribution >= 4 is 40.5 Å². The number of hydrogen-bond acceptors (Lipinski definition) is 2. The SMILES string of the molecule is CC[C@H](I)OC(=O)S. The summed E-state index contributed by atoms with van der Waals surface area (Å²) in [5, 5.41) is -0.508. The number of carbonyl (C=O) groups is 1. The van der Waals surface area contributed by atoms with Crippen molar-refractivity contribution in [1.29, 1.82) is 0 Å². The van der Waals surface area contributed by atoms with E-state index in [9.17, 15) is 4.79 Å². The molecule has 0 N–H and O–H groups in total. The molecule has 0 radical (unpaired) electrons. The van der Waals surface area contributed by atoms with E-state index in [1.807, 2.05) is 29.5 Å². The lowest BCUT2D eigenvalue weighted by molar-refractivity contribution is 0.169. The van der Waals surface area contributed by atoms with Gasteiger partial charge in [0.2, 0.25) is 0 Å². The molecule has 0 saturated carbocycles. The monoisotopic (exact) mass is 246 g/mol. The molecule has 4 heteroatoms. The standard InChI is InChI=1S/C4H7IO2S/c1-2-3(5)7-4(6)8/h3H,2H2,1H3,(H,6,8)/t3-/m1/s1. The number of thiol groups is 1. The molecule has 0 bridgehead atoms. The molecular weight excluding hydrogens is 239 g/mol. The molecule has 48 valence electrons. The van der Waals surface area contributed by atoms with Crippen LogP contribution >= 0.6 is 35.2 Å². The summed E-state index contributed by atoms with van der Waals surface area (Å²) < 4.78 is 4.58. The predicted octanol–water partition coefficient (Wildman–Crippen LogP) is 2.22. The van der Waals surface area contributed by atoms with Crippen molar-refractivity contribution in [3.8, 4) is 0 Å². The lowest BCUT2D eigenvalue weighted by Gasteiger charge is -2.03. The fourth-order valence-corrected chi connectivity index (χ4v) is 0.752. The van der Waals surface area contributed by atoms with E-state index in [2.05, 4.69) is 17.4 Å². The van der Waals surface area contributed by atoms with Crippen molar-refractivity contribution in [1.82, 2.24) is 0 Å². The third-order valence-corrected chi connectivity index (χ3v) is 1.79. The molecule has 0 aromatic carbocycles. The molecule has 8 heavy (non-hydrogen) atoms. The van der Waals surface area contributed by atoms with Gasteiger partial charge in [0.1, 0.15) is 0 Å². The fraction of sp³-hybridized carbons (Fsp3) is 0.750. The van der Waals surface area contributed by atoms with Crippen molar-refractivity contribution in [2.75, 3.05) is 0 Å². The van der Waals surface area contributed by atoms with Gasteiger partial charge in [0.05, 0.1) is 0 Å². The molecule has 0 saturated heterocycles. The molecule has 0 heterocycles. The average Bonchev–Trinajstić information content (AvgIpc) is 1.65. The Morgan fingerprint density at radius 1 is 2.00 bits per heavy atom. The van der Waals surface area contributed by atoms with Crippen molar-refractivity contribution in [2.24, 2.45) is 0 Å². The van der Waals surface area contributed by atoms with Crippen LogP contribution in [0.4, 0.5) is 4.79 Å². The summed E-state index contributed by atoms with van der Waals surface area (Å²) in [4.78, 5) is 10.1. The lowest BCUT2D eigenvalue weighted by Crippen LogP contribution is -2.03. The molecule has 0 aromatic rings. The Balaban J connectivity index is 3.24. The smallest absolute Gasteiger partial charge is 0.365 e. The van der Waals surface area contributed by atoms with E-state index in [1.165, 1.54) is 0 Å². The van der Waals surface area contributed by atoms with Crippen LogP contribution in [0, 0.1) is 0 Å². The van der Waals surface area contributed by atoms with Crippen LogP contribution in [0.25, 0.3) is 0 Å². The zero-order valence-electron chi connectivity index (χ0n) is 4.43. The first-order chi connectivity index (χ1) is 3.66. The molecule has 0 unspecified atom stereocenters. The van der Waals surface area contributed by atoms with Crippen LogP contribution in [0.3, 0.4) is 0 Å². The second-order valence-corrected chi connectivity index (χ2v) is 2.96. The minimum atomic E-state index is -0.508. The molecule has 0 spiro atoms. The molecule has 0 aliphatic carbocycles. The summed E-state index contributed by atoms with van der Waals surface area (Å²) >= 11 is 5.45. The van der Waals surface area contributed by atoms with E-state index in [1.54, 1.807) is 0 Å². The maximum atomic E-state index is 10.1. The van der Waals surface area contributed by atoms with Gasteiger partial charge in [-0.25, -0.2) is 4.79 Å². The largest absolute Gasteiger partial charge is 0.444 e. The second kappa shape index (κ2) is 4.43. The zero-order chi connectivity index (χ0) is 6.57. The summed E-state index contributed by atoms with van der Waals surface area (Å²) in [6.07, 6.45) is 0.826. The average molecular weight is 246 g/mol. The van der Waals surface area contributed by atoms with Crippen LogP contribution in [0.2, 0.25) is 0 Å². The van der Waals surface area contributed by atoms with Gasteiger partial charge in [0, 0.05) is 0 Å². The number of carbonyl (C=O) groups excluding carboxylic acids is 1. The van der Waals surface area contributed by atoms with Crippen LogP contribution in [0.1, 0.15) is 13.3 Å². The first-order valence-electron chi connectivity index (χ1n) is 2.20. The van der Waals surface area contributed by atoms with Gasteiger partial charge in [-0.15, -0.1) is 0 Å². The molecule has 0 rings (SSSR count). The van der Waals surface area contributed by atoms with Crippen molar-refractivity contribution in [3.63, 3.8) is 0 Å². The summed E-state index contributed by atoms with van der Waals surface area (Å²) in [7, 11) is 0. The first-order valence-corrected chi connectivity index (χ1v) is 3.89. The predicted molar refractivity (Wildman–Crippen MR) is 43.6 cm³/mol. The maximum absolute atomic E-state index is 10.1. The number of hydrogen-bond donors (Lipinski definition) is 1. The lowest BCUT2D eigenvalue weighted by atomic mass is 10.5. The highest BCUT2D eigenvalue weighted by Gasteiger charge is 2.01. The number of rotatable bonds is 2. The topological polar surface area (TPSA) is 26.3 Å². The molecule has 0 aliphatic heterocycles. The Kier molecular flexibility index (Phi) is 4.74. The van der Waals surface area contributed by atoms with E-state index in [0.29, 0.717) is 0 Å². The van der Waals surface area contributed by atoms with Crippen molar-refractivity contribution < 1.29 is 9.53 Å². The Hall–Kier alpha value is 0.550. The summed E-state index contributed by atoms with van der Waals surface area (Å²) in [5.74, 6) is 0.